The third kappa shape index (κ3) is 3.75. The largest absolute Gasteiger partial charge is 0.492 e. The molecular weight excluding hydrogens is 385 g/mol. The van der Waals surface area contributed by atoms with Gasteiger partial charge in [-0.05, 0) is 61.0 Å². The van der Waals surface area contributed by atoms with Gasteiger partial charge in [0.15, 0.2) is 0 Å². The second-order valence-corrected chi connectivity index (χ2v) is 10.2. The molecule has 31 heavy (non-hydrogen) atoms. The van der Waals surface area contributed by atoms with Gasteiger partial charge < -0.3 is 14.6 Å². The van der Waals surface area contributed by atoms with Gasteiger partial charge in [-0.15, -0.1) is 0 Å². The molecule has 1 aliphatic heterocycles. The highest BCUT2D eigenvalue weighted by molar-refractivity contribution is 6.56. The minimum Gasteiger partial charge on any atom is -0.400 e. The quantitative estimate of drug-likeness (QED) is 0.701. The summed E-state index contributed by atoms with van der Waals surface area (Å²) < 4.78 is 12.5. The lowest BCUT2D eigenvalue weighted by Crippen LogP contribution is -2.41. The zero-order chi connectivity index (χ0) is 22.6. The zero-order valence-corrected chi connectivity index (χ0v) is 19.6. The average Bonchev–Trinajstić information content (AvgIpc) is 3.05. The van der Waals surface area contributed by atoms with E-state index in [1.165, 1.54) is 29.2 Å². The number of rotatable bonds is 4. The molecular formula is C26H32BNO3. The fourth-order valence-electron chi connectivity index (χ4n) is 4.45. The Labute approximate surface area is 186 Å². The molecule has 0 spiro atoms. The Hall–Kier alpha value is -2.37. The van der Waals surface area contributed by atoms with Gasteiger partial charge in [-0.2, -0.15) is 0 Å². The molecule has 1 fully saturated rings. The molecule has 1 heterocycles. The first-order valence-electron chi connectivity index (χ1n) is 11.0. The molecule has 1 saturated heterocycles. The van der Waals surface area contributed by atoms with E-state index in [0.29, 0.717) is 6.54 Å². The Morgan fingerprint density at radius 3 is 2.19 bits per heavy atom. The van der Waals surface area contributed by atoms with E-state index in [4.69, 9.17) is 9.31 Å². The summed E-state index contributed by atoms with van der Waals surface area (Å²) in [6.07, 6.45) is 2.09. The molecule has 162 valence electrons. The van der Waals surface area contributed by atoms with Gasteiger partial charge in [0.05, 0.1) is 11.2 Å². The maximum Gasteiger partial charge on any atom is 0.492 e. The summed E-state index contributed by atoms with van der Waals surface area (Å²) >= 11 is 0. The summed E-state index contributed by atoms with van der Waals surface area (Å²) in [5.74, 6) is -0.0760. The fraction of sp³-hybridized carbons (Fsp3) is 0.423. The number of amides is 1. The number of hydrogen-bond donors (Lipinski definition) is 1. The molecule has 1 aliphatic carbocycles. The van der Waals surface area contributed by atoms with Crippen LogP contribution in [0.15, 0.2) is 47.9 Å². The summed E-state index contributed by atoms with van der Waals surface area (Å²) in [4.78, 5) is 11.6. The summed E-state index contributed by atoms with van der Waals surface area (Å²) in [5.41, 5.74) is 6.32. The molecule has 0 bridgehead atoms. The molecule has 2 aromatic carbocycles. The maximum absolute atomic E-state index is 11.6. The van der Waals surface area contributed by atoms with Crippen LogP contribution in [0.2, 0.25) is 0 Å². The molecule has 0 unspecified atom stereocenters. The van der Waals surface area contributed by atoms with Crippen molar-refractivity contribution in [1.29, 1.82) is 0 Å². The lowest BCUT2D eigenvalue weighted by molar-refractivity contribution is -0.118. The highest BCUT2D eigenvalue weighted by atomic mass is 16.7. The van der Waals surface area contributed by atoms with Gasteiger partial charge in [-0.3, -0.25) is 4.79 Å². The minimum absolute atomic E-state index is 0.0576. The van der Waals surface area contributed by atoms with E-state index < -0.39 is 18.3 Å². The predicted octanol–water partition coefficient (Wildman–Crippen LogP) is 5.14. The molecule has 4 rings (SSSR count). The third-order valence-corrected chi connectivity index (χ3v) is 7.06. The maximum atomic E-state index is 11.6. The topological polar surface area (TPSA) is 47.6 Å². The molecule has 2 aromatic rings. The second kappa shape index (κ2) is 7.35. The van der Waals surface area contributed by atoms with Gasteiger partial charge in [-0.1, -0.05) is 62.4 Å². The molecule has 0 atom stereocenters. The van der Waals surface area contributed by atoms with E-state index in [9.17, 15) is 4.79 Å². The highest BCUT2D eigenvalue weighted by Crippen LogP contribution is 2.48. The van der Waals surface area contributed by atoms with E-state index in [0.717, 1.165) is 11.0 Å². The lowest BCUT2D eigenvalue weighted by Gasteiger charge is -2.32. The molecule has 1 amide bonds. The van der Waals surface area contributed by atoms with E-state index in [1.54, 1.807) is 0 Å². The van der Waals surface area contributed by atoms with Crippen LogP contribution in [0.25, 0.3) is 17.2 Å². The summed E-state index contributed by atoms with van der Waals surface area (Å²) in [7, 11) is -0.504. The Bertz CT molecular complexity index is 1050. The van der Waals surface area contributed by atoms with Crippen molar-refractivity contribution in [3.63, 3.8) is 0 Å². The highest BCUT2D eigenvalue weighted by Gasteiger charge is 2.52. The van der Waals surface area contributed by atoms with E-state index in [1.807, 2.05) is 27.7 Å². The molecule has 0 aromatic heterocycles. The number of fused-ring (bicyclic) bond motifs is 3. The van der Waals surface area contributed by atoms with Crippen LogP contribution in [0.3, 0.4) is 0 Å². The molecule has 0 radical (unpaired) electrons. The Morgan fingerprint density at radius 2 is 1.55 bits per heavy atom. The van der Waals surface area contributed by atoms with Crippen LogP contribution in [0.5, 0.6) is 0 Å². The van der Waals surface area contributed by atoms with Crippen LogP contribution in [0, 0.1) is 0 Å². The minimum atomic E-state index is -0.504. The number of hydrogen-bond acceptors (Lipinski definition) is 3. The molecule has 0 saturated carbocycles. The van der Waals surface area contributed by atoms with Crippen LogP contribution < -0.4 is 5.32 Å². The molecule has 5 heteroatoms. The van der Waals surface area contributed by atoms with Crippen molar-refractivity contribution in [2.45, 2.75) is 65.1 Å². The Balaban J connectivity index is 1.73. The van der Waals surface area contributed by atoms with Crippen molar-refractivity contribution in [3.8, 4) is 11.1 Å². The predicted molar refractivity (Wildman–Crippen MR) is 127 cm³/mol. The first kappa shape index (κ1) is 21.9. The third-order valence-electron chi connectivity index (χ3n) is 7.06. The van der Waals surface area contributed by atoms with E-state index in [-0.39, 0.29) is 11.3 Å². The Morgan fingerprint density at radius 1 is 0.935 bits per heavy atom. The first-order chi connectivity index (χ1) is 14.4. The summed E-state index contributed by atoms with van der Waals surface area (Å²) in [5, 5.41) is 2.91. The number of carbonyl (C=O) groups excluding carboxylic acids is 1. The molecule has 1 N–H and O–H groups in total. The summed E-state index contributed by atoms with van der Waals surface area (Å²) in [6, 6.07) is 15.2. The molecule has 4 nitrogen and oxygen atoms in total. The standard InChI is InChI=1S/C26H32BNO3/c1-17(29)28-16-19(27-30-25(4,5)26(6,7)31-27)14-18-12-13-21-20-10-8-9-11-22(20)24(2,3)23(21)15-18/h8-15H,16H2,1-7H3,(H,28,29). The van der Waals surface area contributed by atoms with Crippen molar-refractivity contribution in [2.75, 3.05) is 6.54 Å². The van der Waals surface area contributed by atoms with Gasteiger partial charge >= 0.3 is 7.12 Å². The van der Waals surface area contributed by atoms with Crippen LogP contribution in [0.4, 0.5) is 0 Å². The number of carbonyl (C=O) groups is 1. The fourth-order valence-corrected chi connectivity index (χ4v) is 4.45. The smallest absolute Gasteiger partial charge is 0.400 e. The molecule has 2 aliphatic rings. The number of benzene rings is 2. The Kier molecular flexibility index (Phi) is 5.18. The van der Waals surface area contributed by atoms with Crippen molar-refractivity contribution < 1.29 is 14.1 Å². The van der Waals surface area contributed by atoms with Gasteiger partial charge in [0.2, 0.25) is 5.91 Å². The van der Waals surface area contributed by atoms with E-state index >= 15 is 0 Å². The van der Waals surface area contributed by atoms with Gasteiger partial charge in [0, 0.05) is 18.9 Å². The van der Waals surface area contributed by atoms with Gasteiger partial charge in [-0.25, -0.2) is 0 Å². The first-order valence-corrected chi connectivity index (χ1v) is 11.0. The van der Waals surface area contributed by atoms with Crippen LogP contribution in [-0.2, 0) is 19.5 Å². The number of nitrogens with one attached hydrogen (secondary N) is 1. The van der Waals surface area contributed by atoms with Crippen molar-refractivity contribution in [2.24, 2.45) is 0 Å². The summed E-state index contributed by atoms with van der Waals surface area (Å²) in [6.45, 7) is 14.6. The van der Waals surface area contributed by atoms with Crippen LogP contribution in [-0.4, -0.2) is 30.8 Å². The second-order valence-electron chi connectivity index (χ2n) is 10.2. The average molecular weight is 417 g/mol. The van der Waals surface area contributed by atoms with Crippen LogP contribution >= 0.6 is 0 Å². The van der Waals surface area contributed by atoms with Crippen molar-refractivity contribution >= 4 is 19.1 Å². The van der Waals surface area contributed by atoms with Gasteiger partial charge in [0.25, 0.3) is 0 Å². The zero-order valence-electron chi connectivity index (χ0n) is 19.6. The monoisotopic (exact) mass is 417 g/mol. The van der Waals surface area contributed by atoms with Crippen molar-refractivity contribution in [3.05, 3.63) is 64.6 Å². The lowest BCUT2D eigenvalue weighted by atomic mass is 9.76. The van der Waals surface area contributed by atoms with Crippen LogP contribution in [0.1, 0.15) is 65.2 Å². The SMILES string of the molecule is CC(=O)NCC(=Cc1ccc2c(c1)C(C)(C)c1ccccc1-2)B1OC(C)(C)C(C)(C)O1. The van der Waals surface area contributed by atoms with E-state index in [2.05, 4.69) is 67.7 Å². The normalized spacial score (nSPS) is 20.4. The van der Waals surface area contributed by atoms with Crippen molar-refractivity contribution in [1.82, 2.24) is 5.32 Å². The van der Waals surface area contributed by atoms with Gasteiger partial charge in [0.1, 0.15) is 0 Å².